The van der Waals surface area contributed by atoms with E-state index in [1.54, 1.807) is 6.92 Å². The molecule has 0 aliphatic rings. The Morgan fingerprint density at radius 1 is 1.12 bits per heavy atom. The first kappa shape index (κ1) is 19.5. The minimum absolute atomic E-state index is 0.0925. The molecule has 0 bridgehead atoms. The van der Waals surface area contributed by atoms with Crippen molar-refractivity contribution in [1.29, 1.82) is 0 Å². The number of carbonyl (C=O) groups is 1. The minimum Gasteiger partial charge on any atom is -0.465 e. The van der Waals surface area contributed by atoms with Crippen LogP contribution in [0.4, 0.5) is 10.1 Å². The van der Waals surface area contributed by atoms with Crippen LogP contribution in [0.2, 0.25) is 10.0 Å². The van der Waals surface area contributed by atoms with E-state index in [1.807, 2.05) is 0 Å². The zero-order valence-corrected chi connectivity index (χ0v) is 15.4. The highest BCUT2D eigenvalue weighted by Gasteiger charge is 2.28. The van der Waals surface area contributed by atoms with Gasteiger partial charge in [-0.3, -0.25) is 9.10 Å². The van der Waals surface area contributed by atoms with Crippen molar-refractivity contribution < 1.29 is 22.3 Å². The van der Waals surface area contributed by atoms with Gasteiger partial charge in [0, 0.05) is 10.0 Å². The average Bonchev–Trinajstić information content (AvgIpc) is 2.52. The molecule has 134 valence electrons. The molecule has 0 amide bonds. The lowest BCUT2D eigenvalue weighted by Gasteiger charge is -2.24. The molecule has 2 aromatic rings. The Bertz CT molecular complexity index is 852. The van der Waals surface area contributed by atoms with E-state index in [9.17, 15) is 17.6 Å². The average molecular weight is 406 g/mol. The van der Waals surface area contributed by atoms with E-state index < -0.39 is 28.4 Å². The first-order valence-corrected chi connectivity index (χ1v) is 9.33. The Morgan fingerprint density at radius 3 is 2.20 bits per heavy atom. The lowest BCUT2D eigenvalue weighted by Crippen LogP contribution is -2.36. The Kier molecular flexibility index (Phi) is 6.26. The van der Waals surface area contributed by atoms with Crippen LogP contribution in [0.3, 0.4) is 0 Å². The monoisotopic (exact) mass is 405 g/mol. The Morgan fingerprint density at radius 2 is 1.68 bits per heavy atom. The molecular weight excluding hydrogens is 392 g/mol. The van der Waals surface area contributed by atoms with Crippen LogP contribution in [0, 0.1) is 5.82 Å². The van der Waals surface area contributed by atoms with Crippen molar-refractivity contribution in [2.75, 3.05) is 17.5 Å². The van der Waals surface area contributed by atoms with Gasteiger partial charge in [-0.2, -0.15) is 0 Å². The number of hydrogen-bond donors (Lipinski definition) is 0. The van der Waals surface area contributed by atoms with Crippen molar-refractivity contribution in [3.63, 3.8) is 0 Å². The van der Waals surface area contributed by atoms with Crippen LogP contribution in [-0.2, 0) is 19.6 Å². The molecule has 0 aromatic heterocycles. The van der Waals surface area contributed by atoms with Gasteiger partial charge < -0.3 is 4.74 Å². The highest BCUT2D eigenvalue weighted by Crippen LogP contribution is 2.29. The zero-order chi connectivity index (χ0) is 18.6. The molecule has 5 nitrogen and oxygen atoms in total. The van der Waals surface area contributed by atoms with Crippen molar-refractivity contribution in [1.82, 2.24) is 0 Å². The Hall–Kier alpha value is -1.83. The largest absolute Gasteiger partial charge is 0.465 e. The highest BCUT2D eigenvalue weighted by atomic mass is 35.5. The van der Waals surface area contributed by atoms with E-state index in [0.29, 0.717) is 0 Å². The molecule has 0 spiro atoms. The van der Waals surface area contributed by atoms with E-state index in [0.717, 1.165) is 28.6 Å². The zero-order valence-electron chi connectivity index (χ0n) is 13.1. The van der Waals surface area contributed by atoms with Gasteiger partial charge in [0.05, 0.1) is 17.2 Å². The predicted octanol–water partition coefficient (Wildman–Crippen LogP) is 3.89. The van der Waals surface area contributed by atoms with Crippen LogP contribution in [0.25, 0.3) is 0 Å². The van der Waals surface area contributed by atoms with E-state index in [1.165, 1.54) is 18.2 Å². The molecule has 0 aliphatic heterocycles. The van der Waals surface area contributed by atoms with Crippen LogP contribution in [0.5, 0.6) is 0 Å². The summed E-state index contributed by atoms with van der Waals surface area (Å²) >= 11 is 11.9. The normalized spacial score (nSPS) is 11.2. The lowest BCUT2D eigenvalue weighted by molar-refractivity contribution is -0.141. The second-order valence-corrected chi connectivity index (χ2v) is 7.63. The van der Waals surface area contributed by atoms with Gasteiger partial charge in [-0.15, -0.1) is 0 Å². The number of hydrogen-bond acceptors (Lipinski definition) is 4. The molecule has 0 heterocycles. The number of carbonyl (C=O) groups excluding carboxylic acids is 1. The molecule has 0 fully saturated rings. The van der Waals surface area contributed by atoms with Crippen molar-refractivity contribution in [2.24, 2.45) is 0 Å². The van der Waals surface area contributed by atoms with Gasteiger partial charge in [0.25, 0.3) is 10.0 Å². The smallest absolute Gasteiger partial charge is 0.326 e. The molecular formula is C16H14Cl2FNO4S. The van der Waals surface area contributed by atoms with E-state index in [2.05, 4.69) is 0 Å². The summed E-state index contributed by atoms with van der Waals surface area (Å²) in [5, 5.41) is 0.399. The molecule has 0 aliphatic carbocycles. The maximum atomic E-state index is 13.1. The number of esters is 1. The maximum absolute atomic E-state index is 13.1. The third kappa shape index (κ3) is 4.84. The molecule has 0 saturated carbocycles. The van der Waals surface area contributed by atoms with Gasteiger partial charge in [0.2, 0.25) is 0 Å². The second-order valence-electron chi connectivity index (χ2n) is 4.90. The fourth-order valence-electron chi connectivity index (χ4n) is 2.06. The van der Waals surface area contributed by atoms with Crippen LogP contribution in [-0.4, -0.2) is 27.5 Å². The topological polar surface area (TPSA) is 63.7 Å². The quantitative estimate of drug-likeness (QED) is 0.683. The molecule has 0 radical (unpaired) electrons. The highest BCUT2D eigenvalue weighted by molar-refractivity contribution is 7.92. The predicted molar refractivity (Wildman–Crippen MR) is 94.0 cm³/mol. The molecule has 25 heavy (non-hydrogen) atoms. The summed E-state index contributed by atoms with van der Waals surface area (Å²) in [6, 6.07) is 8.38. The molecule has 9 heteroatoms. The second kappa shape index (κ2) is 8.03. The number of anilines is 1. The third-order valence-corrected chi connectivity index (χ3v) is 5.34. The van der Waals surface area contributed by atoms with Crippen molar-refractivity contribution in [2.45, 2.75) is 11.8 Å². The van der Waals surface area contributed by atoms with Gasteiger partial charge in [-0.25, -0.2) is 12.8 Å². The standard InChI is InChI=1S/C16H14Cl2FNO4S/c1-2-24-16(21)10-20(14-8-11(17)7-12(18)9-14)25(22,23)15-5-3-13(19)4-6-15/h3-9H,2,10H2,1H3. The number of ether oxygens (including phenoxy) is 1. The first-order valence-electron chi connectivity index (χ1n) is 7.14. The van der Waals surface area contributed by atoms with Gasteiger partial charge in [-0.1, -0.05) is 23.2 Å². The Balaban J connectivity index is 2.53. The summed E-state index contributed by atoms with van der Waals surface area (Å²) in [6.45, 7) is 1.12. The first-order chi connectivity index (χ1) is 11.7. The third-order valence-electron chi connectivity index (χ3n) is 3.11. The summed E-state index contributed by atoms with van der Waals surface area (Å²) in [5.41, 5.74) is 0.0925. The molecule has 0 N–H and O–H groups in total. The van der Waals surface area contributed by atoms with Gasteiger partial charge >= 0.3 is 5.97 Å². The summed E-state index contributed by atoms with van der Waals surface area (Å²) in [7, 11) is -4.17. The molecule has 2 rings (SSSR count). The lowest BCUT2D eigenvalue weighted by atomic mass is 10.3. The summed E-state index contributed by atoms with van der Waals surface area (Å²) in [6.07, 6.45) is 0. The number of sulfonamides is 1. The summed E-state index contributed by atoms with van der Waals surface area (Å²) < 4.78 is 44.6. The van der Waals surface area contributed by atoms with Crippen LogP contribution in [0.15, 0.2) is 47.4 Å². The van der Waals surface area contributed by atoms with Crippen molar-refractivity contribution in [3.8, 4) is 0 Å². The summed E-state index contributed by atoms with van der Waals surface area (Å²) in [4.78, 5) is 11.7. The number of nitrogens with zero attached hydrogens (tertiary/aromatic N) is 1. The number of rotatable bonds is 6. The van der Waals surface area contributed by atoms with E-state index in [-0.39, 0.29) is 27.2 Å². The van der Waals surface area contributed by atoms with Crippen LogP contribution < -0.4 is 4.31 Å². The fraction of sp³-hybridized carbons (Fsp3) is 0.188. The molecule has 0 unspecified atom stereocenters. The van der Waals surface area contributed by atoms with Crippen LogP contribution >= 0.6 is 23.2 Å². The minimum atomic E-state index is -4.17. The fourth-order valence-corrected chi connectivity index (χ4v) is 3.96. The van der Waals surface area contributed by atoms with Gasteiger partial charge in [0.1, 0.15) is 12.4 Å². The maximum Gasteiger partial charge on any atom is 0.326 e. The van der Waals surface area contributed by atoms with E-state index >= 15 is 0 Å². The Labute approximate surface area is 155 Å². The molecule has 0 atom stereocenters. The SMILES string of the molecule is CCOC(=O)CN(c1cc(Cl)cc(Cl)c1)S(=O)(=O)c1ccc(F)cc1. The van der Waals surface area contributed by atoms with Crippen LogP contribution in [0.1, 0.15) is 6.92 Å². The molecule has 0 saturated heterocycles. The molecule has 2 aromatic carbocycles. The van der Waals surface area contributed by atoms with Gasteiger partial charge in [-0.05, 0) is 49.4 Å². The summed E-state index contributed by atoms with van der Waals surface area (Å²) in [5.74, 6) is -1.33. The van der Waals surface area contributed by atoms with Gasteiger partial charge in [0.15, 0.2) is 0 Å². The van der Waals surface area contributed by atoms with Crippen molar-refractivity contribution in [3.05, 3.63) is 58.3 Å². The van der Waals surface area contributed by atoms with E-state index in [4.69, 9.17) is 27.9 Å². The van der Waals surface area contributed by atoms with Crippen molar-refractivity contribution >= 4 is 44.9 Å². The number of halogens is 3. The number of benzene rings is 2.